The number of ether oxygens (including phenoxy) is 1. The largest absolute Gasteiger partial charge is 0.470 e. The Morgan fingerprint density at radius 2 is 1.57 bits per heavy atom. The molecule has 1 aliphatic rings. The van der Waals surface area contributed by atoms with Crippen LogP contribution in [0.2, 0.25) is 0 Å². The van der Waals surface area contributed by atoms with Crippen LogP contribution in [-0.2, 0) is 13.0 Å². The summed E-state index contributed by atoms with van der Waals surface area (Å²) in [6.07, 6.45) is 6.43. The van der Waals surface area contributed by atoms with E-state index in [9.17, 15) is 0 Å². The van der Waals surface area contributed by atoms with Gasteiger partial charge in [0.25, 0.3) is 5.88 Å². The molecule has 1 heterocycles. The van der Waals surface area contributed by atoms with E-state index in [2.05, 4.69) is 96.0 Å². The first-order valence-corrected chi connectivity index (χ1v) is 12.5. The van der Waals surface area contributed by atoms with Crippen molar-refractivity contribution in [1.82, 2.24) is 10.1 Å². The van der Waals surface area contributed by atoms with E-state index in [-0.39, 0.29) is 6.04 Å². The van der Waals surface area contributed by atoms with Crippen LogP contribution in [0.1, 0.15) is 53.3 Å². The van der Waals surface area contributed by atoms with Crippen molar-refractivity contribution in [3.8, 4) is 5.88 Å². The van der Waals surface area contributed by atoms with Crippen LogP contribution in [-0.4, -0.2) is 23.6 Å². The molecule has 178 valence electrons. The van der Waals surface area contributed by atoms with E-state index in [1.54, 1.807) is 0 Å². The zero-order valence-electron chi connectivity index (χ0n) is 20.3. The molecule has 0 radical (unpaired) electrons. The Bertz CT molecular complexity index is 1190. The van der Waals surface area contributed by atoms with E-state index in [0.717, 1.165) is 49.1 Å². The van der Waals surface area contributed by atoms with E-state index in [1.165, 1.54) is 16.7 Å². The number of aryl methyl sites for hydroxylation is 1. The third-order valence-electron chi connectivity index (χ3n) is 6.73. The number of benzene rings is 3. The minimum Gasteiger partial charge on any atom is -0.470 e. The van der Waals surface area contributed by atoms with E-state index in [4.69, 9.17) is 9.26 Å². The summed E-state index contributed by atoms with van der Waals surface area (Å²) in [6, 6.07) is 31.7. The molecule has 4 heteroatoms. The van der Waals surface area contributed by atoms with Gasteiger partial charge in [0.2, 0.25) is 0 Å². The summed E-state index contributed by atoms with van der Waals surface area (Å²) in [4.78, 5) is 2.43. The first kappa shape index (κ1) is 23.1. The highest BCUT2D eigenvalue weighted by Gasteiger charge is 2.31. The quantitative estimate of drug-likeness (QED) is 0.265. The minimum atomic E-state index is 0.251. The first-order chi connectivity index (χ1) is 17.3. The zero-order chi connectivity index (χ0) is 23.9. The third kappa shape index (κ3) is 5.55. The maximum absolute atomic E-state index is 6.13. The van der Waals surface area contributed by atoms with Gasteiger partial charge in [-0.2, -0.15) is 0 Å². The van der Waals surface area contributed by atoms with Gasteiger partial charge in [0, 0.05) is 19.0 Å². The van der Waals surface area contributed by atoms with Gasteiger partial charge >= 0.3 is 0 Å². The van der Waals surface area contributed by atoms with Gasteiger partial charge in [-0.1, -0.05) is 97.1 Å². The fourth-order valence-electron chi connectivity index (χ4n) is 4.90. The van der Waals surface area contributed by atoms with E-state index in [1.807, 2.05) is 18.2 Å². The molecule has 0 aliphatic heterocycles. The van der Waals surface area contributed by atoms with Crippen LogP contribution in [0, 0.1) is 0 Å². The van der Waals surface area contributed by atoms with Gasteiger partial charge in [-0.05, 0) is 53.7 Å². The van der Waals surface area contributed by atoms with Crippen LogP contribution in [0.5, 0.6) is 5.88 Å². The van der Waals surface area contributed by atoms with E-state index in [0.29, 0.717) is 12.5 Å². The van der Waals surface area contributed by atoms with Crippen molar-refractivity contribution >= 4 is 5.57 Å². The number of hydrogen-bond donors (Lipinski definition) is 0. The molecular weight excluding hydrogens is 432 g/mol. The Hall–Kier alpha value is -3.63. The molecule has 0 bridgehead atoms. The number of fused-ring (bicyclic) bond motifs is 1. The molecule has 0 unspecified atom stereocenters. The number of aromatic nitrogens is 1. The summed E-state index contributed by atoms with van der Waals surface area (Å²) >= 11 is 0. The zero-order valence-corrected chi connectivity index (χ0v) is 20.3. The molecule has 0 saturated heterocycles. The summed E-state index contributed by atoms with van der Waals surface area (Å²) in [5.74, 6) is 1.62. The normalized spacial score (nSPS) is 15.0. The lowest BCUT2D eigenvalue weighted by atomic mass is 9.92. The molecule has 1 aliphatic carbocycles. The average Bonchev–Trinajstić information content (AvgIpc) is 3.35. The summed E-state index contributed by atoms with van der Waals surface area (Å²) in [5, 5.41) is 4.30. The van der Waals surface area contributed by atoms with Gasteiger partial charge in [-0.15, -0.1) is 0 Å². The monoisotopic (exact) mass is 464 g/mol. The summed E-state index contributed by atoms with van der Waals surface area (Å²) < 4.78 is 11.8. The van der Waals surface area contributed by atoms with Gasteiger partial charge in [-0.3, -0.25) is 4.90 Å². The lowest BCUT2D eigenvalue weighted by molar-refractivity contribution is 0.212. The molecule has 0 fully saturated rings. The highest BCUT2D eigenvalue weighted by molar-refractivity contribution is 5.79. The van der Waals surface area contributed by atoms with Crippen LogP contribution < -0.4 is 4.74 Å². The second-order valence-electron chi connectivity index (χ2n) is 9.13. The van der Waals surface area contributed by atoms with Crippen molar-refractivity contribution in [2.45, 2.75) is 38.3 Å². The summed E-state index contributed by atoms with van der Waals surface area (Å²) in [7, 11) is 2.20. The average molecular weight is 465 g/mol. The second-order valence-corrected chi connectivity index (χ2v) is 9.13. The molecule has 0 N–H and O–H groups in total. The standard InChI is InChI=1S/C31H32N2O2/c1-33(22-12-19-27(25-15-7-3-8-16-25)26-17-9-4-10-18-26)28-20-11-21-29-30(28)31(32-35-29)34-23-24-13-5-2-6-14-24/h2-10,13-19,28H,11-12,20-23H2,1H3/t28-/m1/s1. The lowest BCUT2D eigenvalue weighted by Gasteiger charge is -2.30. The molecule has 3 aromatic carbocycles. The predicted molar refractivity (Wildman–Crippen MR) is 140 cm³/mol. The molecule has 1 aromatic heterocycles. The Morgan fingerprint density at radius 3 is 2.23 bits per heavy atom. The van der Waals surface area contributed by atoms with Crippen LogP contribution in [0.4, 0.5) is 0 Å². The second kappa shape index (κ2) is 11.2. The summed E-state index contributed by atoms with van der Waals surface area (Å²) in [5.41, 5.74) is 6.03. The van der Waals surface area contributed by atoms with Crippen LogP contribution >= 0.6 is 0 Å². The third-order valence-corrected chi connectivity index (χ3v) is 6.73. The van der Waals surface area contributed by atoms with Crippen molar-refractivity contribution in [2.75, 3.05) is 13.6 Å². The molecule has 5 rings (SSSR count). The van der Waals surface area contributed by atoms with Crippen molar-refractivity contribution < 1.29 is 9.26 Å². The molecule has 4 aromatic rings. The molecule has 0 amide bonds. The Kier molecular flexibility index (Phi) is 7.40. The van der Waals surface area contributed by atoms with Gasteiger partial charge in [0.05, 0.1) is 5.56 Å². The van der Waals surface area contributed by atoms with Gasteiger partial charge in [0.1, 0.15) is 12.4 Å². The highest BCUT2D eigenvalue weighted by atomic mass is 16.5. The van der Waals surface area contributed by atoms with Crippen molar-refractivity contribution in [3.63, 3.8) is 0 Å². The maximum Gasteiger partial charge on any atom is 0.259 e. The molecule has 1 atom stereocenters. The fraction of sp³-hybridized carbons (Fsp3) is 0.258. The SMILES string of the molecule is CN(CCC=C(c1ccccc1)c1ccccc1)[C@@H]1CCCc2onc(OCc3ccccc3)c21. The molecular formula is C31H32N2O2. The molecule has 0 saturated carbocycles. The van der Waals surface area contributed by atoms with Crippen molar-refractivity contribution in [3.05, 3.63) is 125 Å². The number of hydrogen-bond acceptors (Lipinski definition) is 4. The van der Waals surface area contributed by atoms with Crippen LogP contribution in [0.3, 0.4) is 0 Å². The number of nitrogens with zero attached hydrogens (tertiary/aromatic N) is 2. The Morgan fingerprint density at radius 1 is 0.943 bits per heavy atom. The topological polar surface area (TPSA) is 38.5 Å². The van der Waals surface area contributed by atoms with Crippen molar-refractivity contribution in [2.24, 2.45) is 0 Å². The summed E-state index contributed by atoms with van der Waals surface area (Å²) in [6.45, 7) is 1.44. The Labute approximate surface area is 207 Å². The van der Waals surface area contributed by atoms with E-state index >= 15 is 0 Å². The smallest absolute Gasteiger partial charge is 0.259 e. The predicted octanol–water partition coefficient (Wildman–Crippen LogP) is 7.08. The molecule has 0 spiro atoms. The molecule has 4 nitrogen and oxygen atoms in total. The maximum atomic E-state index is 6.13. The van der Waals surface area contributed by atoms with Crippen LogP contribution in [0.15, 0.2) is 102 Å². The van der Waals surface area contributed by atoms with Gasteiger partial charge in [-0.25, -0.2) is 0 Å². The van der Waals surface area contributed by atoms with Gasteiger partial charge < -0.3 is 9.26 Å². The highest BCUT2D eigenvalue weighted by Crippen LogP contribution is 2.39. The Balaban J connectivity index is 1.30. The van der Waals surface area contributed by atoms with E-state index < -0.39 is 0 Å². The fourth-order valence-corrected chi connectivity index (χ4v) is 4.90. The molecule has 35 heavy (non-hydrogen) atoms. The minimum absolute atomic E-state index is 0.251. The lowest BCUT2D eigenvalue weighted by Crippen LogP contribution is -2.28. The van der Waals surface area contributed by atoms with Gasteiger partial charge in [0.15, 0.2) is 0 Å². The van der Waals surface area contributed by atoms with Crippen molar-refractivity contribution in [1.29, 1.82) is 0 Å². The van der Waals surface area contributed by atoms with Crippen LogP contribution in [0.25, 0.3) is 5.57 Å². The number of rotatable bonds is 9. The first-order valence-electron chi connectivity index (χ1n) is 12.5.